The maximum Gasteiger partial charge on any atom is 0.306 e. The first-order valence-electron chi connectivity index (χ1n) is 6.67. The standard InChI is InChI=1S/C14H19ClN2O2S/c1-9(2)11-12(15)16-8-17-13(11)20-7-14(4-5-14)6-10(18)19-3/h8-9H,4-7H2,1-3H3. The van der Waals surface area contributed by atoms with Gasteiger partial charge in [-0.2, -0.15) is 0 Å². The summed E-state index contributed by atoms with van der Waals surface area (Å²) in [6.45, 7) is 4.16. The van der Waals surface area contributed by atoms with E-state index in [1.807, 2.05) is 0 Å². The third-order valence-electron chi connectivity index (χ3n) is 3.60. The molecule has 1 aliphatic rings. The van der Waals surface area contributed by atoms with Crippen molar-refractivity contribution in [1.82, 2.24) is 9.97 Å². The highest BCUT2D eigenvalue weighted by atomic mass is 35.5. The molecule has 1 fully saturated rings. The lowest BCUT2D eigenvalue weighted by Gasteiger charge is -2.16. The van der Waals surface area contributed by atoms with Gasteiger partial charge in [0.15, 0.2) is 0 Å². The number of halogens is 1. The maximum atomic E-state index is 11.4. The number of hydrogen-bond acceptors (Lipinski definition) is 5. The number of ether oxygens (including phenoxy) is 1. The normalized spacial score (nSPS) is 16.2. The minimum Gasteiger partial charge on any atom is -0.469 e. The van der Waals surface area contributed by atoms with Crippen molar-refractivity contribution < 1.29 is 9.53 Å². The highest BCUT2D eigenvalue weighted by molar-refractivity contribution is 7.99. The summed E-state index contributed by atoms with van der Waals surface area (Å²) in [5.74, 6) is 1.02. The van der Waals surface area contributed by atoms with Gasteiger partial charge in [0, 0.05) is 11.3 Å². The third-order valence-corrected chi connectivity index (χ3v) is 5.25. The van der Waals surface area contributed by atoms with Crippen LogP contribution in [0.1, 0.15) is 44.6 Å². The van der Waals surface area contributed by atoms with E-state index >= 15 is 0 Å². The van der Waals surface area contributed by atoms with Crippen LogP contribution in [0.4, 0.5) is 0 Å². The Kier molecular flexibility index (Phi) is 4.91. The summed E-state index contributed by atoms with van der Waals surface area (Å²) in [5, 5.41) is 1.45. The summed E-state index contributed by atoms with van der Waals surface area (Å²) in [6.07, 6.45) is 4.14. The van der Waals surface area contributed by atoms with Crippen LogP contribution in [-0.2, 0) is 9.53 Å². The molecule has 0 amide bonds. The molecule has 0 aromatic carbocycles. The van der Waals surface area contributed by atoms with Crippen LogP contribution in [0.2, 0.25) is 5.15 Å². The van der Waals surface area contributed by atoms with Crippen molar-refractivity contribution in [3.63, 3.8) is 0 Å². The van der Waals surface area contributed by atoms with Crippen LogP contribution in [0.5, 0.6) is 0 Å². The number of methoxy groups -OCH3 is 1. The summed E-state index contributed by atoms with van der Waals surface area (Å²) in [5.41, 5.74) is 1.08. The van der Waals surface area contributed by atoms with Gasteiger partial charge in [0.05, 0.1) is 13.5 Å². The molecule has 6 heteroatoms. The van der Waals surface area contributed by atoms with Gasteiger partial charge in [0.1, 0.15) is 16.5 Å². The molecule has 0 radical (unpaired) electrons. The number of rotatable bonds is 6. The molecule has 1 aromatic heterocycles. The average Bonchev–Trinajstić information content (AvgIpc) is 3.16. The first kappa shape index (κ1) is 15.6. The Labute approximate surface area is 128 Å². The molecule has 0 spiro atoms. The summed E-state index contributed by atoms with van der Waals surface area (Å²) >= 11 is 7.83. The molecule has 20 heavy (non-hydrogen) atoms. The second kappa shape index (κ2) is 6.31. The predicted octanol–water partition coefficient (Wildman–Crippen LogP) is 3.69. The van der Waals surface area contributed by atoms with Gasteiger partial charge in [-0.05, 0) is 24.2 Å². The summed E-state index contributed by atoms with van der Waals surface area (Å²) in [6, 6.07) is 0. The number of carbonyl (C=O) groups is 1. The SMILES string of the molecule is COC(=O)CC1(CSc2ncnc(Cl)c2C(C)C)CC1. The minimum absolute atomic E-state index is 0.0867. The molecule has 0 N–H and O–H groups in total. The van der Waals surface area contributed by atoms with Crippen LogP contribution in [0.25, 0.3) is 0 Å². The van der Waals surface area contributed by atoms with E-state index in [1.54, 1.807) is 11.8 Å². The molecule has 1 saturated carbocycles. The van der Waals surface area contributed by atoms with Gasteiger partial charge in [-0.15, -0.1) is 11.8 Å². The number of carbonyl (C=O) groups excluding carboxylic acids is 1. The molecule has 1 aromatic rings. The number of nitrogens with zero attached hydrogens (tertiary/aromatic N) is 2. The first-order valence-corrected chi connectivity index (χ1v) is 8.04. The average molecular weight is 315 g/mol. The molecule has 110 valence electrons. The fourth-order valence-electron chi connectivity index (χ4n) is 2.11. The van der Waals surface area contributed by atoms with Crippen molar-refractivity contribution in [2.75, 3.05) is 12.9 Å². The Morgan fingerprint density at radius 3 is 2.75 bits per heavy atom. The van der Waals surface area contributed by atoms with E-state index in [-0.39, 0.29) is 17.3 Å². The summed E-state index contributed by atoms with van der Waals surface area (Å²) in [7, 11) is 1.44. The van der Waals surface area contributed by atoms with Crippen LogP contribution >= 0.6 is 23.4 Å². The van der Waals surface area contributed by atoms with E-state index in [2.05, 4.69) is 23.8 Å². The molecule has 0 aliphatic heterocycles. The highest BCUT2D eigenvalue weighted by Gasteiger charge is 2.44. The largest absolute Gasteiger partial charge is 0.469 e. The third kappa shape index (κ3) is 3.64. The van der Waals surface area contributed by atoms with E-state index in [9.17, 15) is 4.79 Å². The smallest absolute Gasteiger partial charge is 0.306 e. The van der Waals surface area contributed by atoms with Crippen LogP contribution in [0.3, 0.4) is 0 Å². The zero-order valence-corrected chi connectivity index (χ0v) is 13.6. The van der Waals surface area contributed by atoms with E-state index in [0.717, 1.165) is 29.2 Å². The minimum atomic E-state index is -0.132. The van der Waals surface area contributed by atoms with Gasteiger partial charge in [0.25, 0.3) is 0 Å². The Morgan fingerprint density at radius 1 is 1.50 bits per heavy atom. The zero-order valence-electron chi connectivity index (χ0n) is 12.0. The van der Waals surface area contributed by atoms with Crippen LogP contribution in [0.15, 0.2) is 11.4 Å². The molecule has 1 aliphatic carbocycles. The lowest BCUT2D eigenvalue weighted by molar-refractivity contribution is -0.141. The van der Waals surface area contributed by atoms with Crippen molar-refractivity contribution in [2.24, 2.45) is 5.41 Å². The van der Waals surface area contributed by atoms with E-state index in [4.69, 9.17) is 16.3 Å². The predicted molar refractivity (Wildman–Crippen MR) is 80.2 cm³/mol. The van der Waals surface area contributed by atoms with Gasteiger partial charge >= 0.3 is 5.97 Å². The molecule has 0 bridgehead atoms. The molecular formula is C14H19ClN2O2S. The Hall–Kier alpha value is -0.810. The quantitative estimate of drug-likeness (QED) is 0.455. The van der Waals surface area contributed by atoms with Crippen molar-refractivity contribution in [3.05, 3.63) is 17.0 Å². The molecule has 0 unspecified atom stereocenters. The number of thioether (sulfide) groups is 1. The lowest BCUT2D eigenvalue weighted by atomic mass is 10.1. The maximum absolute atomic E-state index is 11.4. The molecule has 0 saturated heterocycles. The van der Waals surface area contributed by atoms with Gasteiger partial charge in [0.2, 0.25) is 0 Å². The summed E-state index contributed by atoms with van der Waals surface area (Å²) < 4.78 is 4.76. The van der Waals surface area contributed by atoms with Crippen LogP contribution < -0.4 is 0 Å². The van der Waals surface area contributed by atoms with E-state index in [1.165, 1.54) is 13.4 Å². The first-order chi connectivity index (χ1) is 9.47. The summed E-state index contributed by atoms with van der Waals surface area (Å²) in [4.78, 5) is 19.8. The van der Waals surface area contributed by atoms with Crippen molar-refractivity contribution in [2.45, 2.75) is 44.1 Å². The van der Waals surface area contributed by atoms with E-state index < -0.39 is 0 Å². The monoisotopic (exact) mass is 314 g/mol. The van der Waals surface area contributed by atoms with Crippen molar-refractivity contribution in [1.29, 1.82) is 0 Å². The van der Waals surface area contributed by atoms with Gasteiger partial charge < -0.3 is 4.74 Å². The van der Waals surface area contributed by atoms with E-state index in [0.29, 0.717) is 11.6 Å². The molecule has 2 rings (SSSR count). The molecular weight excluding hydrogens is 296 g/mol. The fraction of sp³-hybridized carbons (Fsp3) is 0.643. The van der Waals surface area contributed by atoms with Crippen LogP contribution in [0, 0.1) is 5.41 Å². The highest BCUT2D eigenvalue weighted by Crippen LogP contribution is 2.52. The second-order valence-electron chi connectivity index (χ2n) is 5.58. The second-order valence-corrected chi connectivity index (χ2v) is 6.90. The Bertz CT molecular complexity index is 504. The van der Waals surface area contributed by atoms with Gasteiger partial charge in [-0.25, -0.2) is 9.97 Å². The van der Waals surface area contributed by atoms with Crippen molar-refractivity contribution >= 4 is 29.3 Å². The fourth-order valence-corrected chi connectivity index (χ4v) is 3.96. The van der Waals surface area contributed by atoms with Gasteiger partial charge in [-0.1, -0.05) is 25.4 Å². The Morgan fingerprint density at radius 2 is 2.20 bits per heavy atom. The Balaban J connectivity index is 2.05. The number of esters is 1. The number of hydrogen-bond donors (Lipinski definition) is 0. The molecule has 1 heterocycles. The molecule has 0 atom stereocenters. The van der Waals surface area contributed by atoms with Gasteiger partial charge in [-0.3, -0.25) is 4.79 Å². The number of aromatic nitrogens is 2. The lowest BCUT2D eigenvalue weighted by Crippen LogP contribution is -2.13. The van der Waals surface area contributed by atoms with Crippen LogP contribution in [-0.4, -0.2) is 28.8 Å². The van der Waals surface area contributed by atoms with Crippen molar-refractivity contribution in [3.8, 4) is 0 Å². The molecule has 4 nitrogen and oxygen atoms in total. The zero-order chi connectivity index (χ0) is 14.8. The topological polar surface area (TPSA) is 52.1 Å².